The summed E-state index contributed by atoms with van der Waals surface area (Å²) >= 11 is 0. The molecule has 0 aromatic heterocycles. The fraction of sp³-hybridized carbons (Fsp3) is 0.231. The average molecular weight is 1060 g/mol. The third-order valence-electron chi connectivity index (χ3n) is 20.0. The zero-order valence-electron chi connectivity index (χ0n) is 49.5. The first-order chi connectivity index (χ1) is 39.3. The Hall–Kier alpha value is -8.34. The van der Waals surface area contributed by atoms with Gasteiger partial charge < -0.3 is 14.6 Å². The molecule has 0 amide bonds. The molecule has 0 spiro atoms. The van der Waals surface area contributed by atoms with Crippen molar-refractivity contribution in [2.75, 3.05) is 14.6 Å². The molecule has 402 valence electrons. The minimum absolute atomic E-state index is 0.0127. The first-order valence-electron chi connectivity index (χ1n) is 29.9. The quantitative estimate of drug-likeness (QED) is 0.154. The molecule has 0 atom stereocenters. The largest absolute Gasteiger partial charge is 0.376 e. The van der Waals surface area contributed by atoms with Crippen molar-refractivity contribution in [3.63, 3.8) is 0 Å². The molecule has 82 heavy (non-hydrogen) atoms. The topological polar surface area (TPSA) is 9.72 Å². The van der Waals surface area contributed by atoms with E-state index in [-0.39, 0.29) is 33.9 Å². The van der Waals surface area contributed by atoms with Crippen molar-refractivity contribution < 1.29 is 0 Å². The molecule has 4 heteroatoms. The zero-order valence-corrected chi connectivity index (χ0v) is 49.5. The Labute approximate surface area is 487 Å². The van der Waals surface area contributed by atoms with Crippen LogP contribution in [0, 0.1) is 0 Å². The van der Waals surface area contributed by atoms with Gasteiger partial charge in [-0.3, -0.25) is 0 Å². The van der Waals surface area contributed by atoms with Crippen LogP contribution in [0.4, 0.5) is 45.5 Å². The third kappa shape index (κ3) is 7.35. The fourth-order valence-electron chi connectivity index (χ4n) is 15.3. The van der Waals surface area contributed by atoms with Crippen molar-refractivity contribution in [2.45, 2.75) is 116 Å². The van der Waals surface area contributed by atoms with E-state index in [4.69, 9.17) is 0 Å². The first-order valence-corrected chi connectivity index (χ1v) is 29.9. The zero-order chi connectivity index (χ0) is 56.4. The van der Waals surface area contributed by atoms with Crippen LogP contribution in [0.3, 0.4) is 0 Å². The summed E-state index contributed by atoms with van der Waals surface area (Å²) in [4.78, 5) is 7.96. The van der Waals surface area contributed by atoms with Crippen LogP contribution in [0.1, 0.15) is 128 Å². The summed E-state index contributed by atoms with van der Waals surface area (Å²) in [6.07, 6.45) is 2.33. The van der Waals surface area contributed by atoms with Crippen molar-refractivity contribution in [2.24, 2.45) is 0 Å². The Morgan fingerprint density at radius 2 is 0.927 bits per heavy atom. The molecule has 10 aromatic rings. The number of rotatable bonds is 6. The monoisotopic (exact) mass is 1060 g/mol. The molecule has 15 rings (SSSR count). The molecule has 10 aromatic carbocycles. The van der Waals surface area contributed by atoms with E-state index in [1.54, 1.807) is 0 Å². The summed E-state index contributed by atoms with van der Waals surface area (Å²) < 4.78 is 0. The smallest absolute Gasteiger partial charge is 0.333 e. The molecule has 0 N–H and O–H groups in total. The number of para-hydroxylation sites is 1. The van der Waals surface area contributed by atoms with E-state index in [0.29, 0.717) is 0 Å². The normalized spacial score (nSPS) is 16.7. The van der Waals surface area contributed by atoms with Gasteiger partial charge in [-0.15, -0.1) is 0 Å². The van der Waals surface area contributed by atoms with E-state index in [1.807, 2.05) is 0 Å². The van der Waals surface area contributed by atoms with Gasteiger partial charge in [-0.2, -0.15) is 0 Å². The molecule has 3 aliphatic heterocycles. The Morgan fingerprint density at radius 3 is 1.56 bits per heavy atom. The Balaban J connectivity index is 1.05. The maximum atomic E-state index is 2.76. The van der Waals surface area contributed by atoms with Gasteiger partial charge in [-0.05, 0) is 185 Å². The lowest BCUT2D eigenvalue weighted by molar-refractivity contribution is 0.331. The summed E-state index contributed by atoms with van der Waals surface area (Å²) in [5.74, 6) is 0. The van der Waals surface area contributed by atoms with Gasteiger partial charge in [0.15, 0.2) is 0 Å². The van der Waals surface area contributed by atoms with Crippen LogP contribution >= 0.6 is 0 Å². The minimum atomic E-state index is -0.270. The first kappa shape index (κ1) is 50.6. The van der Waals surface area contributed by atoms with E-state index >= 15 is 0 Å². The highest BCUT2D eigenvalue weighted by Gasteiger charge is 2.53. The third-order valence-corrected chi connectivity index (χ3v) is 20.0. The molecular weight excluding hydrogens is 990 g/mol. The highest BCUT2D eigenvalue weighted by Crippen LogP contribution is 2.62. The Morgan fingerprint density at radius 1 is 0.402 bits per heavy atom. The molecular formula is C78H72BN3. The van der Waals surface area contributed by atoms with Gasteiger partial charge in [-0.25, -0.2) is 0 Å². The van der Waals surface area contributed by atoms with Crippen molar-refractivity contribution in [3.05, 3.63) is 251 Å². The molecule has 5 aliphatic rings. The molecule has 0 unspecified atom stereocenters. The maximum Gasteiger partial charge on any atom is 0.333 e. The number of benzene rings is 10. The van der Waals surface area contributed by atoms with Crippen LogP contribution in [0.15, 0.2) is 212 Å². The predicted molar refractivity (Wildman–Crippen MR) is 349 cm³/mol. The lowest BCUT2D eigenvalue weighted by Gasteiger charge is -2.52. The molecule has 3 nitrogen and oxygen atoms in total. The highest BCUT2D eigenvalue weighted by molar-refractivity contribution is 6.94. The van der Waals surface area contributed by atoms with E-state index in [0.717, 1.165) is 23.5 Å². The molecule has 0 radical (unpaired) electrons. The minimum Gasteiger partial charge on any atom is -0.376 e. The van der Waals surface area contributed by atoms with Gasteiger partial charge in [-0.1, -0.05) is 222 Å². The van der Waals surface area contributed by atoms with Crippen molar-refractivity contribution in [1.82, 2.24) is 0 Å². The summed E-state index contributed by atoms with van der Waals surface area (Å²) in [7, 11) is 0. The second kappa shape index (κ2) is 17.6. The predicted octanol–water partition coefficient (Wildman–Crippen LogP) is 19.8. The van der Waals surface area contributed by atoms with Crippen LogP contribution in [0.2, 0.25) is 0 Å². The fourth-order valence-corrected chi connectivity index (χ4v) is 15.3. The average Bonchev–Trinajstić information content (AvgIpc) is 3.93. The van der Waals surface area contributed by atoms with Gasteiger partial charge in [0.2, 0.25) is 0 Å². The molecule has 3 heterocycles. The number of hydrogen-bond donors (Lipinski definition) is 0. The molecule has 0 saturated heterocycles. The van der Waals surface area contributed by atoms with E-state index in [2.05, 4.69) is 303 Å². The van der Waals surface area contributed by atoms with Crippen molar-refractivity contribution in [1.29, 1.82) is 0 Å². The summed E-state index contributed by atoms with van der Waals surface area (Å²) in [6, 6.07) is 81.4. The highest BCUT2D eigenvalue weighted by atomic mass is 15.2. The van der Waals surface area contributed by atoms with Crippen molar-refractivity contribution >= 4 is 63.3 Å². The summed E-state index contributed by atoms with van der Waals surface area (Å²) in [6.45, 7) is 26.6. The molecule has 2 aliphatic carbocycles. The number of fused-ring (bicyclic) bond motifs is 11. The van der Waals surface area contributed by atoms with Gasteiger partial charge >= 0.3 is 6.85 Å². The van der Waals surface area contributed by atoms with Crippen LogP contribution in [-0.4, -0.2) is 6.85 Å². The van der Waals surface area contributed by atoms with E-state index in [9.17, 15) is 0 Å². The molecule has 0 saturated carbocycles. The summed E-state index contributed by atoms with van der Waals surface area (Å²) in [5, 5.41) is 0. The maximum absolute atomic E-state index is 2.76. The Kier molecular flexibility index (Phi) is 10.9. The van der Waals surface area contributed by atoms with Gasteiger partial charge in [0.25, 0.3) is 0 Å². The SMILES string of the molecule is CC(C)(C)c1ccc(N(c2ccc(-c3ccccc3)cc2)c2ccc3c(c2)-c2c4c(cc5c2-c2ccccc2C5(C)C)N2c5cc6c(cc5C(C)(C)c5cccc(c52)B4N3c2ccc(-c3ccccc3)cc2)C(C)(C)CCC6(C)C)cc1. The number of hydrogen-bond acceptors (Lipinski definition) is 3. The standard InChI is InChI=1S/C78H72BN3/c1-74(2,3)53-33-39-55(40-34-53)80(54-35-29-51(30-36-54)49-21-14-12-15-22-49)57-41-42-67-59(45-57)71-70-58-25-18-19-26-60(58)77(8,9)65(70)48-69-72(71)79(82(67)56-37-31-52(32-38-56)50-23-16-13-17-24-50)66-28-20-27-61-73(66)81(69)68-47-63-62(46-64(68)78(61,10)11)75(4,5)43-44-76(63,6)7/h12-42,45-48H,43-44H2,1-11H3. The number of nitrogens with zero attached hydrogens (tertiary/aromatic N) is 3. The van der Waals surface area contributed by atoms with Crippen LogP contribution in [0.25, 0.3) is 44.5 Å². The van der Waals surface area contributed by atoms with Gasteiger partial charge in [0, 0.05) is 56.2 Å². The lowest BCUT2D eigenvalue weighted by Crippen LogP contribution is -2.62. The molecule has 0 bridgehead atoms. The van der Waals surface area contributed by atoms with Gasteiger partial charge in [0.1, 0.15) is 0 Å². The van der Waals surface area contributed by atoms with E-state index in [1.165, 1.54) is 129 Å². The van der Waals surface area contributed by atoms with Crippen molar-refractivity contribution in [3.8, 4) is 44.5 Å². The van der Waals surface area contributed by atoms with Crippen LogP contribution in [-0.2, 0) is 27.1 Å². The second-order valence-electron chi connectivity index (χ2n) is 27.6. The molecule has 0 fully saturated rings. The lowest BCUT2D eigenvalue weighted by atomic mass is 9.42. The van der Waals surface area contributed by atoms with Gasteiger partial charge in [0.05, 0.1) is 5.69 Å². The second-order valence-corrected chi connectivity index (χ2v) is 27.6. The van der Waals surface area contributed by atoms with Crippen LogP contribution < -0.4 is 25.5 Å². The van der Waals surface area contributed by atoms with Crippen LogP contribution in [0.5, 0.6) is 0 Å². The Bertz CT molecular complexity index is 4240. The number of anilines is 8. The van der Waals surface area contributed by atoms with E-state index < -0.39 is 0 Å². The summed E-state index contributed by atoms with van der Waals surface area (Å²) in [5.41, 5.74) is 31.9.